The Labute approximate surface area is 91.8 Å². The van der Waals surface area contributed by atoms with E-state index >= 15 is 0 Å². The molecule has 0 aromatic rings. The van der Waals surface area contributed by atoms with Crippen LogP contribution in [0.1, 0.15) is 20.8 Å². The molecule has 0 aliphatic heterocycles. The molecule has 0 aliphatic rings. The average molecular weight is 276 g/mol. The van der Waals surface area contributed by atoms with E-state index in [9.17, 15) is 13.2 Å². The Morgan fingerprint density at radius 3 is 1.93 bits per heavy atom. The highest BCUT2D eigenvalue weighted by atomic mass is 79.9. The highest BCUT2D eigenvalue weighted by Gasteiger charge is 2.38. The predicted molar refractivity (Wildman–Crippen MR) is 55.7 cm³/mol. The van der Waals surface area contributed by atoms with Crippen LogP contribution in [-0.4, -0.2) is 36.0 Å². The molecule has 0 heterocycles. The van der Waals surface area contributed by atoms with Gasteiger partial charge in [-0.15, -0.1) is 0 Å². The summed E-state index contributed by atoms with van der Waals surface area (Å²) in [6.07, 6.45) is -4.16. The van der Waals surface area contributed by atoms with Gasteiger partial charge in [0.05, 0.1) is 0 Å². The van der Waals surface area contributed by atoms with E-state index in [2.05, 4.69) is 15.9 Å². The molecular formula is C9H17BrF3N. The molecular weight excluding hydrogens is 259 g/mol. The number of alkyl halides is 4. The molecule has 0 fully saturated rings. The molecule has 0 aromatic carbocycles. The van der Waals surface area contributed by atoms with E-state index in [0.29, 0.717) is 6.54 Å². The molecule has 0 rings (SSSR count). The van der Waals surface area contributed by atoms with Gasteiger partial charge in [0, 0.05) is 13.1 Å². The minimum absolute atomic E-state index is 0.0131. The largest absolute Gasteiger partial charge is 0.402 e. The third kappa shape index (κ3) is 6.65. The van der Waals surface area contributed by atoms with Gasteiger partial charge in [0.1, 0.15) is 4.83 Å². The molecule has 5 heteroatoms. The van der Waals surface area contributed by atoms with Crippen molar-refractivity contribution in [1.82, 2.24) is 4.90 Å². The van der Waals surface area contributed by atoms with Crippen LogP contribution in [0.5, 0.6) is 0 Å². The van der Waals surface area contributed by atoms with Gasteiger partial charge in [0.25, 0.3) is 0 Å². The van der Waals surface area contributed by atoms with Crippen LogP contribution in [0.3, 0.4) is 0 Å². The van der Waals surface area contributed by atoms with E-state index in [1.165, 1.54) is 0 Å². The average Bonchev–Trinajstić information content (AvgIpc) is 1.79. The summed E-state index contributed by atoms with van der Waals surface area (Å²) >= 11 is 2.64. The van der Waals surface area contributed by atoms with Crippen molar-refractivity contribution < 1.29 is 13.2 Å². The summed E-state index contributed by atoms with van der Waals surface area (Å²) in [7, 11) is 1.70. The maximum absolute atomic E-state index is 12.2. The van der Waals surface area contributed by atoms with Crippen molar-refractivity contribution in [3.63, 3.8) is 0 Å². The summed E-state index contributed by atoms with van der Waals surface area (Å²) in [4.78, 5) is 0.245. The van der Waals surface area contributed by atoms with E-state index in [4.69, 9.17) is 0 Å². The first-order valence-corrected chi connectivity index (χ1v) is 5.33. The van der Waals surface area contributed by atoms with Crippen molar-refractivity contribution in [2.24, 2.45) is 5.41 Å². The lowest BCUT2D eigenvalue weighted by Crippen LogP contribution is -2.38. The van der Waals surface area contributed by atoms with Crippen LogP contribution < -0.4 is 0 Å². The Hall–Kier alpha value is 0.230. The van der Waals surface area contributed by atoms with Crippen molar-refractivity contribution in [2.75, 3.05) is 20.1 Å². The van der Waals surface area contributed by atoms with Gasteiger partial charge in [-0.1, -0.05) is 36.7 Å². The van der Waals surface area contributed by atoms with Gasteiger partial charge in [-0.25, -0.2) is 0 Å². The lowest BCUT2D eigenvalue weighted by Gasteiger charge is -2.28. The Morgan fingerprint density at radius 2 is 1.64 bits per heavy atom. The van der Waals surface area contributed by atoms with Gasteiger partial charge in [0.2, 0.25) is 0 Å². The van der Waals surface area contributed by atoms with E-state index in [-0.39, 0.29) is 12.0 Å². The van der Waals surface area contributed by atoms with Crippen LogP contribution in [0.15, 0.2) is 0 Å². The second-order valence-electron chi connectivity index (χ2n) is 4.77. The third-order valence-corrected chi connectivity index (χ3v) is 2.38. The van der Waals surface area contributed by atoms with E-state index in [0.717, 1.165) is 0 Å². The lowest BCUT2D eigenvalue weighted by atomic mass is 9.96. The zero-order chi connectivity index (χ0) is 11.6. The molecule has 0 bridgehead atoms. The van der Waals surface area contributed by atoms with Crippen LogP contribution in [0, 0.1) is 5.41 Å². The molecule has 0 radical (unpaired) electrons. The first-order chi connectivity index (χ1) is 6.02. The standard InChI is InChI=1S/C9H17BrF3N/c1-8(2,3)6-14(4)5-7(10)9(11,12)13/h7H,5-6H2,1-4H3. The molecule has 0 saturated carbocycles. The van der Waals surface area contributed by atoms with Crippen molar-refractivity contribution in [3.8, 4) is 0 Å². The summed E-state index contributed by atoms with van der Waals surface area (Å²) < 4.78 is 36.5. The van der Waals surface area contributed by atoms with Crippen LogP contribution in [0.2, 0.25) is 0 Å². The molecule has 0 N–H and O–H groups in total. The van der Waals surface area contributed by atoms with E-state index < -0.39 is 11.0 Å². The second kappa shape index (κ2) is 4.84. The zero-order valence-corrected chi connectivity index (χ0v) is 10.5. The maximum atomic E-state index is 12.2. The number of hydrogen-bond donors (Lipinski definition) is 0. The first-order valence-electron chi connectivity index (χ1n) is 4.42. The Bertz CT molecular complexity index is 174. The van der Waals surface area contributed by atoms with E-state index in [1.54, 1.807) is 11.9 Å². The molecule has 1 nitrogen and oxygen atoms in total. The fourth-order valence-corrected chi connectivity index (χ4v) is 1.75. The summed E-state index contributed by atoms with van der Waals surface area (Å²) in [5.41, 5.74) is 0.0209. The smallest absolute Gasteiger partial charge is 0.304 e. The van der Waals surface area contributed by atoms with E-state index in [1.807, 2.05) is 20.8 Å². The van der Waals surface area contributed by atoms with Crippen molar-refractivity contribution in [3.05, 3.63) is 0 Å². The van der Waals surface area contributed by atoms with Gasteiger partial charge < -0.3 is 4.90 Å². The third-order valence-electron chi connectivity index (χ3n) is 1.57. The highest BCUT2D eigenvalue weighted by Crippen LogP contribution is 2.27. The minimum Gasteiger partial charge on any atom is -0.304 e. The molecule has 0 aromatic heterocycles. The molecule has 14 heavy (non-hydrogen) atoms. The summed E-state index contributed by atoms with van der Waals surface area (Å²) in [5, 5.41) is 0. The van der Waals surface area contributed by atoms with Gasteiger partial charge in [0.15, 0.2) is 0 Å². The molecule has 0 amide bonds. The quantitative estimate of drug-likeness (QED) is 0.715. The molecule has 86 valence electrons. The van der Waals surface area contributed by atoms with Crippen LogP contribution >= 0.6 is 15.9 Å². The van der Waals surface area contributed by atoms with Crippen LogP contribution in [-0.2, 0) is 0 Å². The monoisotopic (exact) mass is 275 g/mol. The Balaban J connectivity index is 4.01. The molecule has 0 saturated heterocycles. The SMILES string of the molecule is CN(CC(Br)C(F)(F)F)CC(C)(C)C. The minimum atomic E-state index is -4.16. The van der Waals surface area contributed by atoms with Crippen molar-refractivity contribution in [2.45, 2.75) is 31.8 Å². The van der Waals surface area contributed by atoms with Gasteiger partial charge in [-0.3, -0.25) is 0 Å². The molecule has 1 unspecified atom stereocenters. The van der Waals surface area contributed by atoms with Gasteiger partial charge in [-0.05, 0) is 12.5 Å². The molecule has 0 spiro atoms. The number of halogens is 4. The number of rotatable bonds is 3. The van der Waals surface area contributed by atoms with Gasteiger partial charge >= 0.3 is 6.18 Å². The second-order valence-corrected chi connectivity index (χ2v) is 5.87. The summed E-state index contributed by atoms with van der Waals surface area (Å²) in [5.74, 6) is 0. The van der Waals surface area contributed by atoms with Crippen LogP contribution in [0.25, 0.3) is 0 Å². The normalized spacial score (nSPS) is 16.1. The zero-order valence-electron chi connectivity index (χ0n) is 8.95. The molecule has 0 aliphatic carbocycles. The Morgan fingerprint density at radius 1 is 1.21 bits per heavy atom. The highest BCUT2D eigenvalue weighted by molar-refractivity contribution is 9.09. The Kier molecular flexibility index (Phi) is 4.91. The fourth-order valence-electron chi connectivity index (χ4n) is 1.25. The summed E-state index contributed by atoms with van der Waals surface area (Å²) in [6.45, 7) is 6.63. The predicted octanol–water partition coefficient (Wildman–Crippen LogP) is 3.29. The summed E-state index contributed by atoms with van der Waals surface area (Å²) in [6, 6.07) is 0. The number of nitrogens with zero attached hydrogens (tertiary/aromatic N) is 1. The van der Waals surface area contributed by atoms with Crippen molar-refractivity contribution >= 4 is 15.9 Å². The molecule has 1 atom stereocenters. The number of hydrogen-bond acceptors (Lipinski definition) is 1. The fraction of sp³-hybridized carbons (Fsp3) is 1.00. The lowest BCUT2D eigenvalue weighted by molar-refractivity contribution is -0.130. The maximum Gasteiger partial charge on any atom is 0.402 e. The van der Waals surface area contributed by atoms with Crippen LogP contribution in [0.4, 0.5) is 13.2 Å². The van der Waals surface area contributed by atoms with Crippen molar-refractivity contribution in [1.29, 1.82) is 0 Å². The topological polar surface area (TPSA) is 3.24 Å². The van der Waals surface area contributed by atoms with Gasteiger partial charge in [-0.2, -0.15) is 13.2 Å². The first kappa shape index (κ1) is 14.2.